The number of rotatable bonds is 8. The molecule has 0 spiro atoms. The molecule has 0 saturated carbocycles. The van der Waals surface area contributed by atoms with E-state index in [1.165, 1.54) is 38.1 Å². The fraction of sp³-hybridized carbons (Fsp3) is 0.370. The predicted molar refractivity (Wildman–Crippen MR) is 139 cm³/mol. The number of benzene rings is 2. The van der Waals surface area contributed by atoms with Crippen LogP contribution in [0.3, 0.4) is 0 Å². The summed E-state index contributed by atoms with van der Waals surface area (Å²) in [7, 11) is 0. The number of halogens is 5. The van der Waals surface area contributed by atoms with Crippen LogP contribution in [0.2, 0.25) is 0 Å². The van der Waals surface area contributed by atoms with E-state index in [0.717, 1.165) is 29.2 Å². The number of ketones is 1. The lowest BCUT2D eigenvalue weighted by Crippen LogP contribution is -2.46. The highest BCUT2D eigenvalue weighted by Gasteiger charge is 2.39. The van der Waals surface area contributed by atoms with Gasteiger partial charge in [0, 0.05) is 50.4 Å². The van der Waals surface area contributed by atoms with Gasteiger partial charge in [-0.25, -0.2) is 13.8 Å². The van der Waals surface area contributed by atoms with Gasteiger partial charge in [-0.2, -0.15) is 13.2 Å². The number of carbonyl (C=O) groups excluding carboxylic acids is 2. The summed E-state index contributed by atoms with van der Waals surface area (Å²) in [6.07, 6.45) is -4.94. The van der Waals surface area contributed by atoms with Crippen LogP contribution in [-0.4, -0.2) is 47.8 Å². The fourth-order valence-corrected chi connectivity index (χ4v) is 5.26. The molecule has 3 aromatic rings. The molecule has 6 nitrogen and oxygen atoms in total. The smallest absolute Gasteiger partial charge is 0.369 e. The largest absolute Gasteiger partial charge is 0.434 e. The predicted octanol–water partition coefficient (Wildman–Crippen LogP) is 6.00. The van der Waals surface area contributed by atoms with Crippen molar-refractivity contribution in [3.8, 4) is 0 Å². The summed E-state index contributed by atoms with van der Waals surface area (Å²) in [6, 6.07) is 11.0. The first kappa shape index (κ1) is 28.6. The number of Topliss-reactive ketones (excluding diaryl/α,β-unsaturated/α-hetero) is 1. The number of nitrogens with one attached hydrogen (secondary N) is 1. The molecule has 0 unspecified atom stereocenters. The van der Waals surface area contributed by atoms with Gasteiger partial charge < -0.3 is 10.2 Å². The Morgan fingerprint density at radius 2 is 1.49 bits per heavy atom. The maximum absolute atomic E-state index is 13.8. The van der Waals surface area contributed by atoms with Crippen LogP contribution < -0.4 is 10.2 Å². The molecule has 1 saturated heterocycles. The molecule has 1 fully saturated rings. The van der Waals surface area contributed by atoms with Gasteiger partial charge in [0.05, 0.1) is 10.3 Å². The second kappa shape index (κ2) is 11.4. The van der Waals surface area contributed by atoms with E-state index in [2.05, 4.69) is 10.3 Å². The van der Waals surface area contributed by atoms with Gasteiger partial charge in [0.25, 0.3) is 0 Å². The zero-order valence-electron chi connectivity index (χ0n) is 21.3. The fourth-order valence-electron chi connectivity index (χ4n) is 4.24. The monoisotopic (exact) mass is 566 g/mol. The number of alkyl halides is 3. The van der Waals surface area contributed by atoms with Gasteiger partial charge in [0.2, 0.25) is 5.91 Å². The number of amides is 1. The lowest BCUT2D eigenvalue weighted by molar-refractivity contribution is -0.141. The van der Waals surface area contributed by atoms with E-state index in [-0.39, 0.29) is 34.4 Å². The molecule has 0 aliphatic carbocycles. The Labute approximate surface area is 226 Å². The number of nitrogens with zero attached hydrogens (tertiary/aromatic N) is 3. The summed E-state index contributed by atoms with van der Waals surface area (Å²) in [6.45, 7) is 5.12. The molecule has 12 heteroatoms. The Morgan fingerprint density at radius 3 is 2.05 bits per heavy atom. The van der Waals surface area contributed by atoms with Gasteiger partial charge in [-0.15, -0.1) is 0 Å². The van der Waals surface area contributed by atoms with E-state index < -0.39 is 34.8 Å². The Bertz CT molecular complexity index is 1320. The third kappa shape index (κ3) is 7.18. The van der Waals surface area contributed by atoms with Crippen LogP contribution in [0.5, 0.6) is 0 Å². The van der Waals surface area contributed by atoms with Crippen LogP contribution in [0.4, 0.5) is 32.8 Å². The molecule has 1 aliphatic heterocycles. The molecule has 2 heterocycles. The van der Waals surface area contributed by atoms with Gasteiger partial charge in [0.15, 0.2) is 16.6 Å². The molecule has 1 aromatic heterocycles. The molecular weight excluding hydrogens is 539 g/mol. The Morgan fingerprint density at radius 1 is 0.923 bits per heavy atom. The summed E-state index contributed by atoms with van der Waals surface area (Å²) in [5.74, 6) is -1.89. The number of anilines is 2. The average Bonchev–Trinajstić information content (AvgIpc) is 3.28. The topological polar surface area (TPSA) is 65.5 Å². The first-order valence-electron chi connectivity index (χ1n) is 12.2. The van der Waals surface area contributed by atoms with Gasteiger partial charge >= 0.3 is 6.18 Å². The quantitative estimate of drug-likeness (QED) is 0.268. The van der Waals surface area contributed by atoms with Crippen molar-refractivity contribution in [1.29, 1.82) is 0 Å². The number of hydrogen-bond donors (Lipinski definition) is 1. The summed E-state index contributed by atoms with van der Waals surface area (Å²) in [5.41, 5.74) is -1.24. The SMILES string of the molecule is CC(C)(CC(=O)c1ccc(F)cc1)C(=O)Nc1nc(C(F)(F)F)c(CN2CCN(c3ccc(F)cc3)CC2)s1. The van der Waals surface area contributed by atoms with Crippen LogP contribution in [-0.2, 0) is 17.5 Å². The van der Waals surface area contributed by atoms with Crippen molar-refractivity contribution in [3.05, 3.63) is 76.3 Å². The van der Waals surface area contributed by atoms with Gasteiger partial charge in [-0.05, 0) is 48.5 Å². The van der Waals surface area contributed by atoms with E-state index in [1.54, 1.807) is 12.1 Å². The molecule has 1 aliphatic rings. The second-order valence-electron chi connectivity index (χ2n) is 9.97. The number of piperazine rings is 1. The molecule has 2 aromatic carbocycles. The lowest BCUT2D eigenvalue weighted by Gasteiger charge is -2.36. The van der Waals surface area contributed by atoms with Gasteiger partial charge in [-0.1, -0.05) is 25.2 Å². The second-order valence-corrected chi connectivity index (χ2v) is 11.1. The highest BCUT2D eigenvalue weighted by Crippen LogP contribution is 2.38. The minimum absolute atomic E-state index is 0.00604. The molecule has 0 radical (unpaired) electrons. The van der Waals surface area contributed by atoms with Crippen LogP contribution in [0.25, 0.3) is 0 Å². The van der Waals surface area contributed by atoms with E-state index >= 15 is 0 Å². The zero-order valence-corrected chi connectivity index (χ0v) is 22.1. The van der Waals surface area contributed by atoms with Crippen LogP contribution >= 0.6 is 11.3 Å². The van der Waals surface area contributed by atoms with Crippen molar-refractivity contribution >= 4 is 33.8 Å². The molecule has 0 bridgehead atoms. The first-order chi connectivity index (χ1) is 18.3. The molecule has 208 valence electrons. The summed E-state index contributed by atoms with van der Waals surface area (Å²) in [4.78, 5) is 33.1. The van der Waals surface area contributed by atoms with E-state index in [4.69, 9.17) is 0 Å². The van der Waals surface area contributed by atoms with Crippen LogP contribution in [0.1, 0.15) is 41.2 Å². The van der Waals surface area contributed by atoms with E-state index in [1.807, 2.05) is 9.80 Å². The highest BCUT2D eigenvalue weighted by atomic mass is 32.1. The Hall–Kier alpha value is -3.38. The van der Waals surface area contributed by atoms with Gasteiger partial charge in [-0.3, -0.25) is 14.5 Å². The minimum atomic E-state index is -4.71. The molecule has 1 amide bonds. The summed E-state index contributed by atoms with van der Waals surface area (Å²) in [5, 5.41) is 2.25. The molecule has 4 rings (SSSR count). The minimum Gasteiger partial charge on any atom is -0.369 e. The van der Waals surface area contributed by atoms with Crippen molar-refractivity contribution < 1.29 is 31.5 Å². The molecule has 39 heavy (non-hydrogen) atoms. The van der Waals surface area contributed by atoms with Crippen molar-refractivity contribution in [2.24, 2.45) is 5.41 Å². The molecule has 1 N–H and O–H groups in total. The van der Waals surface area contributed by atoms with Crippen LogP contribution in [0, 0.1) is 17.0 Å². The standard InChI is InChI=1S/C27H27F5N4O2S/c1-26(2,15-21(37)17-3-5-18(28)6-4-17)24(38)34-25-33-23(27(30,31)32)22(39-25)16-35-11-13-36(14-12-35)20-9-7-19(29)8-10-20/h3-10H,11-16H2,1-2H3,(H,33,34,38). The number of thiazole rings is 1. The lowest BCUT2D eigenvalue weighted by atomic mass is 9.84. The van der Waals surface area contributed by atoms with Crippen molar-refractivity contribution in [2.45, 2.75) is 33.0 Å². The summed E-state index contributed by atoms with van der Waals surface area (Å²) < 4.78 is 67.7. The van der Waals surface area contributed by atoms with E-state index in [9.17, 15) is 31.5 Å². The first-order valence-corrected chi connectivity index (χ1v) is 13.0. The highest BCUT2D eigenvalue weighted by molar-refractivity contribution is 7.15. The van der Waals surface area contributed by atoms with E-state index in [0.29, 0.717) is 26.2 Å². The van der Waals surface area contributed by atoms with Crippen LogP contribution in [0.15, 0.2) is 48.5 Å². The zero-order chi connectivity index (χ0) is 28.4. The number of carbonyl (C=O) groups is 2. The number of hydrogen-bond acceptors (Lipinski definition) is 6. The molecular formula is C27H27F5N4O2S. The number of aromatic nitrogens is 1. The summed E-state index contributed by atoms with van der Waals surface area (Å²) >= 11 is 0.754. The maximum atomic E-state index is 13.8. The van der Waals surface area contributed by atoms with Crippen molar-refractivity contribution in [1.82, 2.24) is 9.88 Å². The third-order valence-electron chi connectivity index (χ3n) is 6.50. The Balaban J connectivity index is 1.41. The maximum Gasteiger partial charge on any atom is 0.434 e. The average molecular weight is 567 g/mol. The normalized spacial score (nSPS) is 14.9. The molecule has 0 atom stereocenters. The van der Waals surface area contributed by atoms with Gasteiger partial charge in [0.1, 0.15) is 11.6 Å². The third-order valence-corrected chi connectivity index (χ3v) is 7.46. The Kier molecular flexibility index (Phi) is 8.36. The van der Waals surface area contributed by atoms with Crippen molar-refractivity contribution in [2.75, 3.05) is 36.4 Å². The van der Waals surface area contributed by atoms with Crippen molar-refractivity contribution in [3.63, 3.8) is 0 Å².